The van der Waals surface area contributed by atoms with Gasteiger partial charge in [-0.25, -0.2) is 5.10 Å². The van der Waals surface area contributed by atoms with Gasteiger partial charge in [0.25, 0.3) is 5.56 Å². The molecule has 1 atom stereocenters. The van der Waals surface area contributed by atoms with Crippen molar-refractivity contribution < 1.29 is 4.79 Å². The Morgan fingerprint density at radius 2 is 1.88 bits per heavy atom. The second-order valence-electron chi connectivity index (χ2n) is 5.64. The third-order valence-electron chi connectivity index (χ3n) is 4.18. The molecule has 7 nitrogen and oxygen atoms in total. The second kappa shape index (κ2) is 7.02. The lowest BCUT2D eigenvalue weighted by atomic mass is 10.0. The van der Waals surface area contributed by atoms with E-state index in [1.54, 1.807) is 6.20 Å². The molecule has 1 unspecified atom stereocenters. The first kappa shape index (κ1) is 16.5. The molecule has 1 amide bonds. The molecule has 2 aromatic rings. The van der Waals surface area contributed by atoms with Crippen molar-refractivity contribution >= 4 is 23.2 Å². The number of hydrogen-bond acceptors (Lipinski definition) is 5. The molecule has 8 heteroatoms. The number of H-pyrrole nitrogens is 1. The third-order valence-corrected chi connectivity index (χ3v) is 4.55. The van der Waals surface area contributed by atoms with E-state index in [1.165, 1.54) is 0 Å². The van der Waals surface area contributed by atoms with Gasteiger partial charge in [0.1, 0.15) is 11.1 Å². The number of primary amides is 1. The number of amides is 1. The molecule has 2 heterocycles. The topological polar surface area (TPSA) is 95.3 Å². The van der Waals surface area contributed by atoms with Gasteiger partial charge in [-0.05, 0) is 5.56 Å². The van der Waals surface area contributed by atoms with Crippen LogP contribution in [0, 0.1) is 0 Å². The maximum atomic E-state index is 11.9. The standard InChI is InChI=1S/C16H18ClN5O2/c17-13-12(10-19-20-16(13)24)21-6-8-22(9-7-21)14(15(18)23)11-4-2-1-3-5-11/h1-5,10,14H,6-9H2,(H2,18,23)(H,20,24). The van der Waals surface area contributed by atoms with Gasteiger partial charge >= 0.3 is 0 Å². The van der Waals surface area contributed by atoms with Crippen molar-refractivity contribution in [3.05, 3.63) is 57.5 Å². The smallest absolute Gasteiger partial charge is 0.285 e. The van der Waals surface area contributed by atoms with Crippen LogP contribution in [0.15, 0.2) is 41.3 Å². The number of nitrogens with one attached hydrogen (secondary N) is 1. The van der Waals surface area contributed by atoms with Gasteiger partial charge in [-0.1, -0.05) is 41.9 Å². The molecule has 1 saturated heterocycles. The number of aromatic amines is 1. The third kappa shape index (κ3) is 3.27. The zero-order valence-corrected chi connectivity index (χ0v) is 13.7. The maximum absolute atomic E-state index is 11.9. The fourth-order valence-corrected chi connectivity index (χ4v) is 3.22. The van der Waals surface area contributed by atoms with Crippen LogP contribution in [0.25, 0.3) is 0 Å². The Kier molecular flexibility index (Phi) is 4.82. The van der Waals surface area contributed by atoms with E-state index < -0.39 is 11.6 Å². The molecule has 3 N–H and O–H groups in total. The molecule has 1 aliphatic rings. The van der Waals surface area contributed by atoms with Gasteiger partial charge < -0.3 is 10.6 Å². The highest BCUT2D eigenvalue weighted by atomic mass is 35.5. The Morgan fingerprint density at radius 3 is 2.50 bits per heavy atom. The van der Waals surface area contributed by atoms with Crippen molar-refractivity contribution in [2.75, 3.05) is 31.1 Å². The van der Waals surface area contributed by atoms with Crippen LogP contribution in [0.1, 0.15) is 11.6 Å². The number of carbonyl (C=O) groups excluding carboxylic acids is 1. The molecule has 1 aromatic heterocycles. The molecule has 126 valence electrons. The van der Waals surface area contributed by atoms with Crippen molar-refractivity contribution in [1.82, 2.24) is 15.1 Å². The minimum Gasteiger partial charge on any atom is -0.368 e. The predicted molar refractivity (Wildman–Crippen MR) is 92.0 cm³/mol. The van der Waals surface area contributed by atoms with E-state index >= 15 is 0 Å². The maximum Gasteiger partial charge on any atom is 0.285 e. The van der Waals surface area contributed by atoms with Gasteiger partial charge in [-0.3, -0.25) is 14.5 Å². The van der Waals surface area contributed by atoms with Crippen molar-refractivity contribution in [2.45, 2.75) is 6.04 Å². The zero-order chi connectivity index (χ0) is 17.1. The average Bonchev–Trinajstić information content (AvgIpc) is 2.59. The summed E-state index contributed by atoms with van der Waals surface area (Å²) in [7, 11) is 0. The lowest BCUT2D eigenvalue weighted by molar-refractivity contribution is -0.123. The number of benzene rings is 1. The van der Waals surface area contributed by atoms with E-state index in [2.05, 4.69) is 10.2 Å². The number of anilines is 1. The molecule has 0 radical (unpaired) electrons. The molecular weight excluding hydrogens is 330 g/mol. The highest BCUT2D eigenvalue weighted by Crippen LogP contribution is 2.26. The Morgan fingerprint density at radius 1 is 1.21 bits per heavy atom. The predicted octanol–water partition coefficient (Wildman–Crippen LogP) is 0.772. The Balaban J connectivity index is 1.75. The molecule has 0 saturated carbocycles. The number of hydrogen-bond donors (Lipinski definition) is 2. The highest BCUT2D eigenvalue weighted by molar-refractivity contribution is 6.33. The van der Waals surface area contributed by atoms with Crippen LogP contribution in [0.2, 0.25) is 5.02 Å². The lowest BCUT2D eigenvalue weighted by Gasteiger charge is -2.39. The first-order chi connectivity index (χ1) is 11.6. The van der Waals surface area contributed by atoms with Crippen LogP contribution in [0.4, 0.5) is 5.69 Å². The van der Waals surface area contributed by atoms with E-state index in [9.17, 15) is 9.59 Å². The minimum atomic E-state index is -0.457. The van der Waals surface area contributed by atoms with E-state index in [0.29, 0.717) is 31.9 Å². The second-order valence-corrected chi connectivity index (χ2v) is 6.01. The summed E-state index contributed by atoms with van der Waals surface area (Å²) in [5, 5.41) is 6.24. The number of aromatic nitrogens is 2. The molecule has 0 bridgehead atoms. The molecule has 0 aliphatic carbocycles. The van der Waals surface area contributed by atoms with E-state index in [0.717, 1.165) is 5.56 Å². The van der Waals surface area contributed by atoms with Crippen LogP contribution in [-0.2, 0) is 4.79 Å². The number of rotatable bonds is 4. The monoisotopic (exact) mass is 347 g/mol. The minimum absolute atomic E-state index is 0.132. The number of piperazine rings is 1. The lowest BCUT2D eigenvalue weighted by Crippen LogP contribution is -2.50. The summed E-state index contributed by atoms with van der Waals surface area (Å²) in [4.78, 5) is 27.6. The van der Waals surface area contributed by atoms with Crippen LogP contribution >= 0.6 is 11.6 Å². The van der Waals surface area contributed by atoms with Crippen LogP contribution < -0.4 is 16.2 Å². The number of carbonyl (C=O) groups is 1. The molecule has 3 rings (SSSR count). The van der Waals surface area contributed by atoms with Crippen LogP contribution in [-0.4, -0.2) is 47.2 Å². The zero-order valence-electron chi connectivity index (χ0n) is 13.0. The van der Waals surface area contributed by atoms with E-state index in [4.69, 9.17) is 17.3 Å². The normalized spacial score (nSPS) is 16.8. The fourth-order valence-electron chi connectivity index (χ4n) is 3.01. The molecule has 24 heavy (non-hydrogen) atoms. The first-order valence-electron chi connectivity index (χ1n) is 7.64. The van der Waals surface area contributed by atoms with Crippen LogP contribution in [0.5, 0.6) is 0 Å². The summed E-state index contributed by atoms with van der Waals surface area (Å²) in [5.41, 5.74) is 6.70. The Labute approximate surface area is 144 Å². The van der Waals surface area contributed by atoms with Crippen molar-refractivity contribution in [1.29, 1.82) is 0 Å². The van der Waals surface area contributed by atoms with Gasteiger partial charge in [0.2, 0.25) is 5.91 Å². The highest BCUT2D eigenvalue weighted by Gasteiger charge is 2.29. The Bertz CT molecular complexity index is 772. The van der Waals surface area contributed by atoms with Gasteiger partial charge in [-0.15, -0.1) is 0 Å². The van der Waals surface area contributed by atoms with Gasteiger partial charge in [0.15, 0.2) is 0 Å². The SMILES string of the molecule is NC(=O)C(c1ccccc1)N1CCN(c2cn[nH]c(=O)c2Cl)CC1. The molecule has 1 aliphatic heterocycles. The van der Waals surface area contributed by atoms with Gasteiger partial charge in [0, 0.05) is 26.2 Å². The first-order valence-corrected chi connectivity index (χ1v) is 8.02. The number of nitrogens with two attached hydrogens (primary N) is 1. The fraction of sp³-hybridized carbons (Fsp3) is 0.312. The van der Waals surface area contributed by atoms with Crippen molar-refractivity contribution in [2.24, 2.45) is 5.73 Å². The van der Waals surface area contributed by atoms with Crippen molar-refractivity contribution in [3.63, 3.8) is 0 Å². The number of nitrogens with zero attached hydrogens (tertiary/aromatic N) is 3. The van der Waals surface area contributed by atoms with Crippen molar-refractivity contribution in [3.8, 4) is 0 Å². The molecular formula is C16H18ClN5O2. The average molecular weight is 348 g/mol. The van der Waals surface area contributed by atoms with Crippen LogP contribution in [0.3, 0.4) is 0 Å². The largest absolute Gasteiger partial charge is 0.368 e. The molecule has 0 spiro atoms. The van der Waals surface area contributed by atoms with Gasteiger partial charge in [-0.2, -0.15) is 5.10 Å². The van der Waals surface area contributed by atoms with E-state index in [1.807, 2.05) is 40.1 Å². The van der Waals surface area contributed by atoms with Gasteiger partial charge in [0.05, 0.1) is 11.9 Å². The summed E-state index contributed by atoms with van der Waals surface area (Å²) in [6.45, 7) is 2.51. The molecule has 1 fully saturated rings. The summed E-state index contributed by atoms with van der Waals surface area (Å²) < 4.78 is 0. The summed E-state index contributed by atoms with van der Waals surface area (Å²) in [5.74, 6) is -0.370. The Hall–Kier alpha value is -2.38. The summed E-state index contributed by atoms with van der Waals surface area (Å²) in [6.07, 6.45) is 1.54. The number of halogens is 1. The molecule has 1 aromatic carbocycles. The summed E-state index contributed by atoms with van der Waals surface area (Å²) >= 11 is 6.06. The quantitative estimate of drug-likeness (QED) is 0.851. The summed E-state index contributed by atoms with van der Waals surface area (Å²) in [6, 6.07) is 9.04. The van der Waals surface area contributed by atoms with E-state index in [-0.39, 0.29) is 10.9 Å².